The molecule has 1 aromatic heterocycles. The Hall–Kier alpha value is -6.00. The molecule has 1 aliphatic heterocycles. The Kier molecular flexibility index (Phi) is 9.08. The third-order valence-electron chi connectivity index (χ3n) is 15.6. The fourth-order valence-corrected chi connectivity index (χ4v) is 11.4. The Bertz CT molecular complexity index is 3180. The lowest BCUT2D eigenvalue weighted by molar-refractivity contribution is 0.332. The molecule has 0 amide bonds. The molecular formula is C60H60BN2O. The molecular weight excluding hydrogens is 775 g/mol. The highest BCUT2D eigenvalue weighted by molar-refractivity contribution is 6.72. The molecule has 0 bridgehead atoms. The molecule has 0 saturated heterocycles. The summed E-state index contributed by atoms with van der Waals surface area (Å²) in [6.07, 6.45) is 4.66. The number of aryl methyl sites for hydroxylation is 2. The van der Waals surface area contributed by atoms with Gasteiger partial charge in [0.2, 0.25) is 7.28 Å². The standard InChI is InChI=1S/C60H60BN2O/c1-36-28-44(43-31-40-18-14-15-19-41(40)32-50(43)62-42-22-20-39(21-23-42)38-16-12-11-13-17-38)54-52(29-36)63(51-34-48-46(30-37(51)2)57(3,4)24-26-59(48,7)8)55-45-33-47-49(35-53(45)64-56(55)61-54)60(9,10)27-25-58(47,5)6/h11-23,28-35,62H,24-27H2,1-10H3. The van der Waals surface area contributed by atoms with E-state index in [1.54, 1.807) is 0 Å². The van der Waals surface area contributed by atoms with Crippen molar-refractivity contribution in [1.29, 1.82) is 0 Å². The van der Waals surface area contributed by atoms with Gasteiger partial charge in [0.1, 0.15) is 5.58 Å². The fourth-order valence-electron chi connectivity index (χ4n) is 11.4. The van der Waals surface area contributed by atoms with Gasteiger partial charge in [-0.15, -0.1) is 0 Å². The summed E-state index contributed by atoms with van der Waals surface area (Å²) in [7, 11) is 2.35. The van der Waals surface area contributed by atoms with E-state index in [-0.39, 0.29) is 21.7 Å². The molecule has 3 nitrogen and oxygen atoms in total. The van der Waals surface area contributed by atoms with Crippen molar-refractivity contribution in [2.24, 2.45) is 0 Å². The maximum Gasteiger partial charge on any atom is 0.247 e. The Morgan fingerprint density at radius 1 is 0.531 bits per heavy atom. The normalized spacial score (nSPS) is 17.6. The van der Waals surface area contributed by atoms with E-state index >= 15 is 0 Å². The van der Waals surface area contributed by atoms with Crippen molar-refractivity contribution in [3.63, 3.8) is 0 Å². The minimum absolute atomic E-state index is 0.0523. The molecule has 0 spiro atoms. The SMILES string of the molecule is Cc1cc(-c2cc3ccccc3cc2Nc2ccc(-c3ccccc3)cc2)c2c(c1)N(c1cc3c(cc1C)C(C)(C)CCC3(C)C)c1c(oc3cc4c(cc13)C(C)(C)CCC4(C)C)[B]2. The zero-order valence-electron chi connectivity index (χ0n) is 39.4. The van der Waals surface area contributed by atoms with Gasteiger partial charge in [0.25, 0.3) is 0 Å². The molecule has 1 N–H and O–H groups in total. The van der Waals surface area contributed by atoms with Crippen LogP contribution in [0.25, 0.3) is 44.0 Å². The van der Waals surface area contributed by atoms with E-state index in [4.69, 9.17) is 4.42 Å². The van der Waals surface area contributed by atoms with Gasteiger partial charge in [-0.2, -0.15) is 0 Å². The topological polar surface area (TPSA) is 28.4 Å². The van der Waals surface area contributed by atoms with Crippen molar-refractivity contribution < 1.29 is 4.42 Å². The van der Waals surface area contributed by atoms with Gasteiger partial charge in [0.15, 0.2) is 0 Å². The monoisotopic (exact) mass is 835 g/mol. The average molecular weight is 836 g/mol. The smallest absolute Gasteiger partial charge is 0.247 e. The molecule has 11 rings (SSSR count). The highest BCUT2D eigenvalue weighted by atomic mass is 16.3. The highest BCUT2D eigenvalue weighted by Gasteiger charge is 2.42. The predicted octanol–water partition coefficient (Wildman–Crippen LogP) is 15.4. The van der Waals surface area contributed by atoms with Gasteiger partial charge in [-0.05, 0) is 176 Å². The van der Waals surface area contributed by atoms with Gasteiger partial charge >= 0.3 is 0 Å². The summed E-state index contributed by atoms with van der Waals surface area (Å²) >= 11 is 0. The molecule has 4 heteroatoms. The molecule has 319 valence electrons. The molecule has 8 aromatic rings. The fraction of sp³-hybridized carbons (Fsp3) is 0.300. The molecule has 2 heterocycles. The van der Waals surface area contributed by atoms with Gasteiger partial charge in [-0.1, -0.05) is 134 Å². The second-order valence-corrected chi connectivity index (χ2v) is 22.0. The number of benzene rings is 7. The second-order valence-electron chi connectivity index (χ2n) is 22.0. The van der Waals surface area contributed by atoms with E-state index in [2.05, 4.69) is 214 Å². The van der Waals surface area contributed by atoms with Crippen molar-refractivity contribution in [2.45, 2.75) is 117 Å². The molecule has 0 fully saturated rings. The molecule has 0 atom stereocenters. The van der Waals surface area contributed by atoms with Crippen LogP contribution >= 0.6 is 0 Å². The van der Waals surface area contributed by atoms with Crippen LogP contribution in [0.1, 0.15) is 114 Å². The number of hydrogen-bond donors (Lipinski definition) is 1. The van der Waals surface area contributed by atoms with Gasteiger partial charge in [-0.3, -0.25) is 0 Å². The van der Waals surface area contributed by atoms with E-state index in [1.165, 1.54) is 84.0 Å². The van der Waals surface area contributed by atoms with Crippen LogP contribution in [0.3, 0.4) is 0 Å². The van der Waals surface area contributed by atoms with E-state index < -0.39 is 0 Å². The summed E-state index contributed by atoms with van der Waals surface area (Å²) in [5.41, 5.74) is 22.1. The van der Waals surface area contributed by atoms with Gasteiger partial charge in [-0.25, -0.2) is 0 Å². The minimum Gasteiger partial charge on any atom is -0.469 e. The van der Waals surface area contributed by atoms with Crippen LogP contribution in [0.15, 0.2) is 132 Å². The van der Waals surface area contributed by atoms with E-state index in [0.29, 0.717) is 0 Å². The minimum atomic E-state index is 0.0523. The molecule has 3 aliphatic rings. The first-order valence-electron chi connectivity index (χ1n) is 23.5. The average Bonchev–Trinajstić information content (AvgIpc) is 3.63. The first-order valence-corrected chi connectivity index (χ1v) is 23.5. The van der Waals surface area contributed by atoms with Crippen LogP contribution < -0.4 is 21.3 Å². The van der Waals surface area contributed by atoms with Crippen LogP contribution in [0.4, 0.5) is 28.4 Å². The summed E-state index contributed by atoms with van der Waals surface area (Å²) in [6.45, 7) is 24.0. The predicted molar refractivity (Wildman–Crippen MR) is 274 cm³/mol. The first kappa shape index (κ1) is 40.8. The summed E-state index contributed by atoms with van der Waals surface area (Å²) in [5, 5.41) is 7.50. The van der Waals surface area contributed by atoms with Crippen LogP contribution in [-0.2, 0) is 21.7 Å². The Morgan fingerprint density at radius 3 is 1.75 bits per heavy atom. The van der Waals surface area contributed by atoms with Crippen molar-refractivity contribution in [2.75, 3.05) is 10.2 Å². The first-order chi connectivity index (χ1) is 30.5. The molecule has 64 heavy (non-hydrogen) atoms. The number of fused-ring (bicyclic) bond motifs is 7. The lowest BCUT2D eigenvalue weighted by Crippen LogP contribution is -2.40. The Labute approximate surface area is 381 Å². The van der Waals surface area contributed by atoms with Gasteiger partial charge < -0.3 is 14.6 Å². The highest BCUT2D eigenvalue weighted by Crippen LogP contribution is 2.53. The van der Waals surface area contributed by atoms with E-state index in [9.17, 15) is 0 Å². The zero-order chi connectivity index (χ0) is 44.5. The number of anilines is 5. The maximum absolute atomic E-state index is 7.21. The summed E-state index contributed by atoms with van der Waals surface area (Å²) in [5.74, 6) is 0. The van der Waals surface area contributed by atoms with Crippen LogP contribution in [0.2, 0.25) is 0 Å². The summed E-state index contributed by atoms with van der Waals surface area (Å²) in [6, 6.07) is 47.6. The van der Waals surface area contributed by atoms with E-state index in [0.717, 1.165) is 58.6 Å². The quantitative estimate of drug-likeness (QED) is 0.175. The molecule has 7 aromatic carbocycles. The van der Waals surface area contributed by atoms with Crippen LogP contribution in [0.5, 0.6) is 0 Å². The number of furan rings is 1. The third-order valence-corrected chi connectivity index (χ3v) is 15.6. The molecule has 1 radical (unpaired) electrons. The molecule has 2 aliphatic carbocycles. The van der Waals surface area contributed by atoms with Gasteiger partial charge in [0.05, 0.1) is 11.3 Å². The van der Waals surface area contributed by atoms with Crippen molar-refractivity contribution >= 4 is 68.6 Å². The molecule has 0 unspecified atom stereocenters. The summed E-state index contributed by atoms with van der Waals surface area (Å²) in [4.78, 5) is 2.59. The number of hydrogen-bond acceptors (Lipinski definition) is 3. The number of rotatable bonds is 5. The van der Waals surface area contributed by atoms with Gasteiger partial charge in [0, 0.05) is 33.7 Å². The van der Waals surface area contributed by atoms with Crippen LogP contribution in [-0.4, -0.2) is 7.28 Å². The van der Waals surface area contributed by atoms with Crippen molar-refractivity contribution in [3.05, 3.63) is 161 Å². The van der Waals surface area contributed by atoms with Crippen molar-refractivity contribution in [1.82, 2.24) is 0 Å². The number of nitrogens with zero attached hydrogens (tertiary/aromatic N) is 1. The maximum atomic E-state index is 7.21. The summed E-state index contributed by atoms with van der Waals surface area (Å²) < 4.78 is 7.21. The number of nitrogens with one attached hydrogen (secondary N) is 1. The van der Waals surface area contributed by atoms with Crippen LogP contribution in [0, 0.1) is 13.8 Å². The lowest BCUT2D eigenvalue weighted by Gasteiger charge is -2.43. The Balaban J connectivity index is 1.15. The Morgan fingerprint density at radius 2 is 1.09 bits per heavy atom. The largest absolute Gasteiger partial charge is 0.469 e. The molecule has 0 saturated carbocycles. The van der Waals surface area contributed by atoms with E-state index in [1.807, 2.05) is 0 Å². The lowest BCUT2D eigenvalue weighted by atomic mass is 9.60. The third kappa shape index (κ3) is 6.54. The second kappa shape index (κ2) is 14.3. The van der Waals surface area contributed by atoms with Crippen molar-refractivity contribution in [3.8, 4) is 22.3 Å². The zero-order valence-corrected chi connectivity index (χ0v) is 39.4.